The maximum atomic E-state index is 15.0. The first-order chi connectivity index (χ1) is 13.0. The van der Waals surface area contributed by atoms with Crippen molar-refractivity contribution >= 4 is 0 Å². The smallest absolute Gasteiger partial charge is 0.131 e. The Morgan fingerprint density at radius 2 is 1.85 bits per heavy atom. The minimum atomic E-state index is -1.12. The van der Waals surface area contributed by atoms with E-state index in [1.54, 1.807) is 6.07 Å². The predicted octanol–water partition coefficient (Wildman–Crippen LogP) is 4.95. The number of aromatic hydroxyl groups is 1. The molecular formula is C24H27FO2. The summed E-state index contributed by atoms with van der Waals surface area (Å²) < 4.78 is 15.0. The van der Waals surface area contributed by atoms with Crippen molar-refractivity contribution in [3.05, 3.63) is 65.2 Å². The van der Waals surface area contributed by atoms with E-state index in [1.165, 1.54) is 16.7 Å². The SMILES string of the molecule is C[C@]12CC[C@@H]3c4ccc(O)cc4C[C@@H](c4ccccc4)[C@H]3[C@@H]1C[C@@H](O)[C@@H]2F. The molecule has 0 aromatic heterocycles. The van der Waals surface area contributed by atoms with Crippen LogP contribution in [0.15, 0.2) is 48.5 Å². The number of phenols is 1. The van der Waals surface area contributed by atoms with Gasteiger partial charge in [0.2, 0.25) is 0 Å². The zero-order valence-electron chi connectivity index (χ0n) is 15.7. The Bertz CT molecular complexity index is 851. The number of rotatable bonds is 1. The van der Waals surface area contributed by atoms with E-state index in [0.717, 1.165) is 19.3 Å². The standard InChI is InChI=1S/C24H27FO2/c1-24-10-9-18-17-8-7-16(26)11-15(17)12-19(14-5-3-2-4-6-14)22(18)20(24)13-21(27)23(24)25/h2-8,11,18-23,26-27H,9-10,12-13H2,1H3/t18-,19+,20+,21-,22+,23+,24+/m1/s1. The normalized spacial score (nSPS) is 40.1. The van der Waals surface area contributed by atoms with E-state index in [4.69, 9.17) is 0 Å². The highest BCUT2D eigenvalue weighted by atomic mass is 19.1. The van der Waals surface area contributed by atoms with E-state index in [2.05, 4.69) is 37.3 Å². The van der Waals surface area contributed by atoms with Gasteiger partial charge in [0.05, 0.1) is 6.10 Å². The molecule has 2 saturated carbocycles. The van der Waals surface area contributed by atoms with Gasteiger partial charge in [-0.15, -0.1) is 0 Å². The summed E-state index contributed by atoms with van der Waals surface area (Å²) in [6, 6.07) is 16.3. The number of halogens is 1. The Morgan fingerprint density at radius 1 is 1.07 bits per heavy atom. The molecular weight excluding hydrogens is 339 g/mol. The van der Waals surface area contributed by atoms with Crippen LogP contribution in [0.5, 0.6) is 5.75 Å². The topological polar surface area (TPSA) is 40.5 Å². The Labute approximate surface area is 160 Å². The summed E-state index contributed by atoms with van der Waals surface area (Å²) in [5.74, 6) is 1.51. The average molecular weight is 366 g/mol. The number of phenolic OH excluding ortho intramolecular Hbond substituents is 1. The van der Waals surface area contributed by atoms with Gasteiger partial charge in [0, 0.05) is 5.41 Å². The van der Waals surface area contributed by atoms with Crippen LogP contribution >= 0.6 is 0 Å². The second-order valence-corrected chi connectivity index (χ2v) is 9.14. The van der Waals surface area contributed by atoms with Crippen LogP contribution in [-0.4, -0.2) is 22.5 Å². The first-order valence-electron chi connectivity index (χ1n) is 10.2. The van der Waals surface area contributed by atoms with Crippen molar-refractivity contribution in [3.8, 4) is 5.75 Å². The van der Waals surface area contributed by atoms with Crippen molar-refractivity contribution in [2.24, 2.45) is 17.3 Å². The fourth-order valence-electron chi connectivity index (χ4n) is 6.62. The van der Waals surface area contributed by atoms with Crippen LogP contribution in [0.25, 0.3) is 0 Å². The molecule has 5 rings (SSSR count). The zero-order chi connectivity index (χ0) is 18.8. The zero-order valence-corrected chi connectivity index (χ0v) is 15.7. The minimum Gasteiger partial charge on any atom is -0.508 e. The molecule has 2 nitrogen and oxygen atoms in total. The maximum absolute atomic E-state index is 15.0. The molecule has 3 aliphatic carbocycles. The molecule has 27 heavy (non-hydrogen) atoms. The number of hydrogen-bond acceptors (Lipinski definition) is 2. The number of fused-ring (bicyclic) bond motifs is 5. The largest absolute Gasteiger partial charge is 0.508 e. The average Bonchev–Trinajstić information content (AvgIpc) is 2.91. The highest BCUT2D eigenvalue weighted by Crippen LogP contribution is 2.64. The fraction of sp³-hybridized carbons (Fsp3) is 0.500. The van der Waals surface area contributed by atoms with Gasteiger partial charge in [0.25, 0.3) is 0 Å². The van der Waals surface area contributed by atoms with Crippen LogP contribution in [0, 0.1) is 17.3 Å². The van der Waals surface area contributed by atoms with E-state index in [-0.39, 0.29) is 5.92 Å². The molecule has 0 aliphatic heterocycles. The molecule has 3 heteroatoms. The van der Waals surface area contributed by atoms with Crippen molar-refractivity contribution in [2.75, 3.05) is 0 Å². The van der Waals surface area contributed by atoms with Gasteiger partial charge in [0.15, 0.2) is 0 Å². The van der Waals surface area contributed by atoms with Crippen LogP contribution in [0.3, 0.4) is 0 Å². The molecule has 0 unspecified atom stereocenters. The molecule has 0 bridgehead atoms. The van der Waals surface area contributed by atoms with Gasteiger partial charge in [-0.25, -0.2) is 4.39 Å². The molecule has 0 spiro atoms. The van der Waals surface area contributed by atoms with E-state index in [1.807, 2.05) is 12.1 Å². The summed E-state index contributed by atoms with van der Waals surface area (Å²) >= 11 is 0. The lowest BCUT2D eigenvalue weighted by molar-refractivity contribution is -0.00853. The molecule has 0 amide bonds. The molecule has 142 valence electrons. The number of alkyl halides is 1. The quantitative estimate of drug-likeness (QED) is 0.750. The molecule has 3 aliphatic rings. The Kier molecular flexibility index (Phi) is 3.87. The van der Waals surface area contributed by atoms with Gasteiger partial charge in [-0.3, -0.25) is 0 Å². The third-order valence-corrected chi connectivity index (χ3v) is 7.89. The van der Waals surface area contributed by atoms with Crippen molar-refractivity contribution in [3.63, 3.8) is 0 Å². The number of benzene rings is 2. The maximum Gasteiger partial charge on any atom is 0.131 e. The Hall–Kier alpha value is -1.87. The molecule has 7 atom stereocenters. The van der Waals surface area contributed by atoms with E-state index in [0.29, 0.717) is 29.9 Å². The van der Waals surface area contributed by atoms with Gasteiger partial charge >= 0.3 is 0 Å². The molecule has 2 aromatic carbocycles. The first kappa shape index (κ1) is 17.2. The van der Waals surface area contributed by atoms with Crippen LogP contribution in [0.2, 0.25) is 0 Å². The lowest BCUT2D eigenvalue weighted by Crippen LogP contribution is -2.46. The second kappa shape index (κ2) is 6.07. The van der Waals surface area contributed by atoms with Crippen molar-refractivity contribution in [2.45, 2.75) is 56.7 Å². The van der Waals surface area contributed by atoms with Crippen LogP contribution in [0.1, 0.15) is 54.7 Å². The van der Waals surface area contributed by atoms with E-state index in [9.17, 15) is 14.6 Å². The molecule has 2 aromatic rings. The van der Waals surface area contributed by atoms with E-state index >= 15 is 0 Å². The minimum absolute atomic E-state index is 0.188. The summed E-state index contributed by atoms with van der Waals surface area (Å²) in [5, 5.41) is 20.4. The summed E-state index contributed by atoms with van der Waals surface area (Å²) in [6.07, 6.45) is 1.24. The first-order valence-corrected chi connectivity index (χ1v) is 10.2. The number of aliphatic hydroxyl groups excluding tert-OH is 1. The van der Waals surface area contributed by atoms with Crippen LogP contribution in [0.4, 0.5) is 4.39 Å². The summed E-state index contributed by atoms with van der Waals surface area (Å²) in [7, 11) is 0. The molecule has 2 N–H and O–H groups in total. The van der Waals surface area contributed by atoms with E-state index < -0.39 is 17.7 Å². The van der Waals surface area contributed by atoms with Crippen LogP contribution in [-0.2, 0) is 6.42 Å². The Morgan fingerprint density at radius 3 is 2.63 bits per heavy atom. The molecule has 0 radical (unpaired) electrons. The molecule has 0 heterocycles. The predicted molar refractivity (Wildman–Crippen MR) is 104 cm³/mol. The van der Waals surface area contributed by atoms with Crippen molar-refractivity contribution < 1.29 is 14.6 Å². The third-order valence-electron chi connectivity index (χ3n) is 7.89. The lowest BCUT2D eigenvalue weighted by atomic mass is 9.52. The van der Waals surface area contributed by atoms with Gasteiger partial charge < -0.3 is 10.2 Å². The molecule has 2 fully saturated rings. The van der Waals surface area contributed by atoms with Crippen LogP contribution < -0.4 is 0 Å². The summed E-state index contributed by atoms with van der Waals surface area (Å²) in [4.78, 5) is 0. The number of hydrogen-bond donors (Lipinski definition) is 2. The van der Waals surface area contributed by atoms with Gasteiger partial charge in [-0.2, -0.15) is 0 Å². The second-order valence-electron chi connectivity index (χ2n) is 9.14. The van der Waals surface area contributed by atoms with Crippen molar-refractivity contribution in [1.29, 1.82) is 0 Å². The molecule has 0 saturated heterocycles. The monoisotopic (exact) mass is 366 g/mol. The van der Waals surface area contributed by atoms with Gasteiger partial charge in [0.1, 0.15) is 11.9 Å². The van der Waals surface area contributed by atoms with Gasteiger partial charge in [-0.05, 0) is 78.2 Å². The van der Waals surface area contributed by atoms with Gasteiger partial charge in [-0.1, -0.05) is 43.3 Å². The summed E-state index contributed by atoms with van der Waals surface area (Å²) in [6.45, 7) is 2.06. The lowest BCUT2D eigenvalue weighted by Gasteiger charge is -2.52. The third kappa shape index (κ3) is 2.47. The summed E-state index contributed by atoms with van der Waals surface area (Å²) in [5.41, 5.74) is 3.41. The highest BCUT2D eigenvalue weighted by Gasteiger charge is 2.60. The fourth-order valence-corrected chi connectivity index (χ4v) is 6.62. The Balaban J connectivity index is 1.65. The highest BCUT2D eigenvalue weighted by molar-refractivity contribution is 5.43. The van der Waals surface area contributed by atoms with Crippen molar-refractivity contribution in [1.82, 2.24) is 0 Å². The number of aliphatic hydroxyl groups is 1.